The molecule has 258 valence electrons. The third-order valence-electron chi connectivity index (χ3n) is 10.7. The fourth-order valence-corrected chi connectivity index (χ4v) is 9.16. The molecule has 1 amide bonds. The van der Waals surface area contributed by atoms with Gasteiger partial charge < -0.3 is 20.1 Å². The Labute approximate surface area is 290 Å². The summed E-state index contributed by atoms with van der Waals surface area (Å²) in [7, 11) is -0.907. The molecule has 2 bridgehead atoms. The van der Waals surface area contributed by atoms with Gasteiger partial charge in [-0.15, -0.1) is 12.4 Å². The van der Waals surface area contributed by atoms with Crippen molar-refractivity contribution in [1.82, 2.24) is 4.72 Å². The molecule has 9 nitrogen and oxygen atoms in total. The molecule has 2 aliphatic heterocycles. The Morgan fingerprint density at radius 2 is 1.91 bits per heavy atom. The fraction of sp³-hybridized carbons (Fsp3) is 0.543. The van der Waals surface area contributed by atoms with Gasteiger partial charge in [0.1, 0.15) is 11.4 Å². The summed E-state index contributed by atoms with van der Waals surface area (Å²) in [5.74, 6) is -0.203. The van der Waals surface area contributed by atoms with E-state index >= 15 is 0 Å². The summed E-state index contributed by atoms with van der Waals surface area (Å²) in [5.41, 5.74) is 6.55. The normalized spacial score (nSPS) is 31.9. The number of nitrogens with zero attached hydrogens (tertiary/aromatic N) is 1. The summed E-state index contributed by atoms with van der Waals surface area (Å²) in [6, 6.07) is 11.3. The Bertz CT molecular complexity index is 1600. The summed E-state index contributed by atoms with van der Waals surface area (Å²) in [6.45, 7) is 5.17. The molecular weight excluding hydrogens is 661 g/mol. The molecule has 1 spiro atoms. The van der Waals surface area contributed by atoms with Crippen molar-refractivity contribution in [2.24, 2.45) is 23.5 Å². The number of sulfonamides is 1. The van der Waals surface area contributed by atoms with E-state index in [1.807, 2.05) is 25.1 Å². The second-order valence-corrected chi connectivity index (χ2v) is 15.7. The van der Waals surface area contributed by atoms with Crippen LogP contribution < -0.4 is 20.1 Å². The predicted molar refractivity (Wildman–Crippen MR) is 188 cm³/mol. The first kappa shape index (κ1) is 37.2. The lowest BCUT2D eigenvalue weighted by Crippen LogP contribution is -2.53. The second kappa shape index (κ2) is 14.9. The molecule has 2 heterocycles. The van der Waals surface area contributed by atoms with Gasteiger partial charge in [0.05, 0.1) is 17.5 Å². The standard InChI is InChI=1S/C34H41ClN2O6S.CH5N.ClH/c1-22-6-4-15-34(20-38,42-3)29-11-8-26(29)18-37-19-33(14-5-7-24-16-27(35)10-12-28(24)33)21-43-31-13-9-25(17-30(31)37)32(39)36-44(40,41)23(22)2;1-2;/h4,9-10,12-13,15-17,20,22-23,26,29H,5-8,11,14,18-19,21H2,1-3H3,(H,36,39);2H2,1H3;1H/b15-4+;;/t22-,23+,26-,29+,33-,34-;;/m0../s1. The Balaban J connectivity index is 0.00000164. The number of aldehydes is 1. The zero-order valence-corrected chi connectivity index (χ0v) is 29.9. The number of methoxy groups -OCH3 is 1. The van der Waals surface area contributed by atoms with Crippen molar-refractivity contribution < 1.29 is 27.5 Å². The van der Waals surface area contributed by atoms with E-state index in [-0.39, 0.29) is 41.1 Å². The number of fused-ring (bicyclic) bond motifs is 4. The van der Waals surface area contributed by atoms with Gasteiger partial charge in [-0.05, 0) is 112 Å². The molecule has 2 aromatic carbocycles. The fourth-order valence-electron chi connectivity index (χ4n) is 7.68. The first-order valence-electron chi connectivity index (χ1n) is 16.1. The van der Waals surface area contributed by atoms with Gasteiger partial charge in [-0.1, -0.05) is 30.7 Å². The van der Waals surface area contributed by atoms with Crippen LogP contribution in [0, 0.1) is 17.8 Å². The van der Waals surface area contributed by atoms with Crippen LogP contribution in [0.3, 0.4) is 0 Å². The third kappa shape index (κ3) is 7.08. The van der Waals surface area contributed by atoms with Gasteiger partial charge in [-0.2, -0.15) is 0 Å². The quantitative estimate of drug-likeness (QED) is 0.311. The number of halogens is 2. The Morgan fingerprint density at radius 1 is 1.15 bits per heavy atom. The van der Waals surface area contributed by atoms with Gasteiger partial charge in [0.25, 0.3) is 5.91 Å². The molecular formula is C35H47Cl2N3O6S. The average molecular weight is 709 g/mol. The van der Waals surface area contributed by atoms with Gasteiger partial charge in [0, 0.05) is 42.1 Å². The molecule has 0 radical (unpaired) electrons. The van der Waals surface area contributed by atoms with Crippen molar-refractivity contribution in [3.8, 4) is 5.75 Å². The van der Waals surface area contributed by atoms with Crippen molar-refractivity contribution in [3.63, 3.8) is 0 Å². The predicted octanol–water partition coefficient (Wildman–Crippen LogP) is 5.46. The lowest BCUT2D eigenvalue weighted by molar-refractivity contribution is -0.135. The summed E-state index contributed by atoms with van der Waals surface area (Å²) in [5, 5.41) is -0.123. The number of carbonyl (C=O) groups excluding carboxylic acids is 2. The third-order valence-corrected chi connectivity index (χ3v) is 12.8. The first-order valence-corrected chi connectivity index (χ1v) is 18.1. The van der Waals surface area contributed by atoms with Crippen molar-refractivity contribution in [2.45, 2.75) is 68.6 Å². The summed E-state index contributed by atoms with van der Waals surface area (Å²) in [4.78, 5) is 28.4. The van der Waals surface area contributed by atoms with Crippen LogP contribution in [-0.4, -0.2) is 65.3 Å². The maximum atomic E-state index is 13.4. The number of hydrogen-bond donors (Lipinski definition) is 2. The van der Waals surface area contributed by atoms with E-state index in [2.05, 4.69) is 27.5 Å². The van der Waals surface area contributed by atoms with Gasteiger partial charge in [0.15, 0.2) is 6.29 Å². The summed E-state index contributed by atoms with van der Waals surface area (Å²) >= 11 is 6.40. The van der Waals surface area contributed by atoms with Gasteiger partial charge in [0.2, 0.25) is 10.0 Å². The number of rotatable bonds is 2. The number of aryl methyl sites for hydroxylation is 1. The van der Waals surface area contributed by atoms with E-state index in [1.165, 1.54) is 18.2 Å². The van der Waals surface area contributed by atoms with Gasteiger partial charge in [-0.25, -0.2) is 13.1 Å². The monoisotopic (exact) mass is 707 g/mol. The Morgan fingerprint density at radius 3 is 2.60 bits per heavy atom. The molecule has 12 heteroatoms. The number of nitrogens with two attached hydrogens (primary N) is 1. The highest BCUT2D eigenvalue weighted by atomic mass is 35.5. The average Bonchev–Trinajstić information content (AvgIpc) is 3.19. The van der Waals surface area contributed by atoms with Crippen LogP contribution in [0.15, 0.2) is 48.6 Å². The van der Waals surface area contributed by atoms with E-state index in [1.54, 1.807) is 32.2 Å². The van der Waals surface area contributed by atoms with Crippen molar-refractivity contribution in [3.05, 3.63) is 70.3 Å². The number of allylic oxidation sites excluding steroid dienone is 1. The number of hydrogen-bond acceptors (Lipinski definition) is 8. The van der Waals surface area contributed by atoms with Crippen LogP contribution in [0.25, 0.3) is 0 Å². The number of amides is 1. The molecule has 2 aromatic rings. The topological polar surface area (TPSA) is 128 Å². The highest BCUT2D eigenvalue weighted by Gasteiger charge is 2.49. The first-order chi connectivity index (χ1) is 22.0. The SMILES string of the molecule is CN.CO[C@]1(C=O)/C=C/C[C@H](C)[C@@H](C)S(=O)(=O)NC(=O)c2ccc3c(c2)N(C[C@@H]2CC[C@H]21)C[C@@]1(CCCc2cc(Cl)ccc21)CO3.Cl. The number of benzene rings is 2. The molecule has 1 fully saturated rings. The Kier molecular flexibility index (Phi) is 11.8. The number of nitrogens with one attached hydrogen (secondary N) is 1. The summed E-state index contributed by atoms with van der Waals surface area (Å²) < 4.78 is 41.3. The molecule has 1 saturated carbocycles. The maximum Gasteiger partial charge on any atom is 0.264 e. The largest absolute Gasteiger partial charge is 0.490 e. The number of anilines is 1. The molecule has 0 unspecified atom stereocenters. The van der Waals surface area contributed by atoms with Crippen molar-refractivity contribution in [1.29, 1.82) is 0 Å². The van der Waals surface area contributed by atoms with E-state index in [0.717, 1.165) is 44.1 Å². The van der Waals surface area contributed by atoms with E-state index in [0.29, 0.717) is 36.9 Å². The zero-order valence-electron chi connectivity index (χ0n) is 27.5. The minimum Gasteiger partial charge on any atom is -0.490 e. The van der Waals surface area contributed by atoms with Crippen molar-refractivity contribution in [2.75, 3.05) is 38.8 Å². The zero-order chi connectivity index (χ0) is 33.3. The van der Waals surface area contributed by atoms with Crippen LogP contribution in [0.1, 0.15) is 67.4 Å². The van der Waals surface area contributed by atoms with E-state index in [4.69, 9.17) is 21.1 Å². The minimum absolute atomic E-state index is 0. The van der Waals surface area contributed by atoms with Crippen LogP contribution in [0.2, 0.25) is 5.02 Å². The molecule has 3 N–H and O–H groups in total. The van der Waals surface area contributed by atoms with Crippen LogP contribution in [-0.2, 0) is 31.4 Å². The van der Waals surface area contributed by atoms with Gasteiger partial charge >= 0.3 is 0 Å². The molecule has 0 saturated heterocycles. The van der Waals surface area contributed by atoms with Gasteiger partial charge in [-0.3, -0.25) is 9.59 Å². The molecule has 6 rings (SSSR count). The molecule has 0 aromatic heterocycles. The molecule has 6 atom stereocenters. The molecule has 2 aliphatic carbocycles. The molecule has 47 heavy (non-hydrogen) atoms. The van der Waals surface area contributed by atoms with Crippen LogP contribution >= 0.6 is 24.0 Å². The minimum atomic E-state index is -3.97. The van der Waals surface area contributed by atoms with E-state index < -0.39 is 26.8 Å². The van der Waals surface area contributed by atoms with Crippen LogP contribution in [0.4, 0.5) is 5.69 Å². The lowest BCUT2D eigenvalue weighted by Gasteiger charge is -2.48. The lowest BCUT2D eigenvalue weighted by atomic mass is 9.64. The number of ether oxygens (including phenoxy) is 2. The number of carbonyl (C=O) groups is 2. The molecule has 4 aliphatic rings. The Hall–Kier alpha value is -2.63. The highest BCUT2D eigenvalue weighted by molar-refractivity contribution is 7.90. The second-order valence-electron chi connectivity index (χ2n) is 13.2. The van der Waals surface area contributed by atoms with Crippen LogP contribution in [0.5, 0.6) is 5.75 Å². The maximum absolute atomic E-state index is 13.4. The smallest absolute Gasteiger partial charge is 0.264 e. The summed E-state index contributed by atoms with van der Waals surface area (Å²) in [6.07, 6.45) is 9.65. The van der Waals surface area contributed by atoms with E-state index in [9.17, 15) is 18.0 Å². The highest BCUT2D eigenvalue weighted by Crippen LogP contribution is 2.48. The van der Waals surface area contributed by atoms with Crippen molar-refractivity contribution >= 4 is 51.9 Å².